The number of rotatable bonds is 12. The number of aryl methyl sites for hydroxylation is 15. The molecule has 0 aliphatic heterocycles. The number of aromatic nitrogens is 5. The molecule has 0 atom stereocenters. The Bertz CT molecular complexity index is 6280. The third kappa shape index (κ3) is 18.7. The zero-order valence-electron chi connectivity index (χ0n) is 78.6. The average Bonchev–Trinajstić information content (AvgIpc) is 0.773. The van der Waals surface area contributed by atoms with Crippen LogP contribution in [0.25, 0.3) is 110 Å². The Kier molecular flexibility index (Phi) is 27.2. The van der Waals surface area contributed by atoms with Crippen molar-refractivity contribution in [2.24, 2.45) is 35.2 Å². The highest BCUT2D eigenvalue weighted by Crippen LogP contribution is 2.40. The molecule has 0 bridgehead atoms. The summed E-state index contributed by atoms with van der Waals surface area (Å²) >= 11 is 0. The van der Waals surface area contributed by atoms with Gasteiger partial charge >= 0.3 is 0 Å². The van der Waals surface area contributed by atoms with E-state index < -0.39 is 0 Å². The molecule has 5 heteroatoms. The van der Waals surface area contributed by atoms with Crippen molar-refractivity contribution in [2.45, 2.75) is 223 Å². The van der Waals surface area contributed by atoms with E-state index in [1.165, 1.54) is 222 Å². The molecule has 15 aromatic rings. The third-order valence-corrected chi connectivity index (χ3v) is 25.4. The van der Waals surface area contributed by atoms with E-state index in [1.807, 2.05) is 17.7 Å². The Labute approximate surface area is 711 Å². The van der Waals surface area contributed by atoms with Gasteiger partial charge < -0.3 is 0 Å². The molecule has 118 heavy (non-hydrogen) atoms. The third-order valence-electron chi connectivity index (χ3n) is 25.4. The molecule has 5 heterocycles. The quantitative estimate of drug-likeness (QED) is 0.109. The van der Waals surface area contributed by atoms with Crippen molar-refractivity contribution < 1.29 is 24.2 Å². The fraction of sp³-hybridized carbons (Fsp3) is 0.336. The minimum absolute atomic E-state index is 0.477. The molecule has 15 rings (SSSR count). The first-order valence-electron chi connectivity index (χ1n) is 43.9. The molecule has 10 aromatic carbocycles. The molecule has 0 amide bonds. The molecule has 5 nitrogen and oxygen atoms in total. The molecule has 0 aliphatic rings. The minimum Gasteiger partial charge on any atom is -0.200 e. The van der Waals surface area contributed by atoms with E-state index in [2.05, 4.69) is 415 Å². The topological polar surface area (TPSA) is 19.4 Å². The van der Waals surface area contributed by atoms with Crippen LogP contribution in [0.4, 0.5) is 0 Å². The van der Waals surface area contributed by atoms with E-state index in [0.29, 0.717) is 29.8 Å². The first kappa shape index (κ1) is 86.6. The summed E-state index contributed by atoms with van der Waals surface area (Å²) < 4.78 is 19.8. The second kappa shape index (κ2) is 37.0. The second-order valence-corrected chi connectivity index (χ2v) is 35.5. The molecular weight excluding hydrogens is 1430 g/mol. The van der Waals surface area contributed by atoms with Gasteiger partial charge in [-0.1, -0.05) is 207 Å². The second-order valence-electron chi connectivity index (χ2n) is 35.5. The summed E-state index contributed by atoms with van der Waals surface area (Å²) in [6, 6.07) is 72.7. The van der Waals surface area contributed by atoms with Gasteiger partial charge in [0.1, 0.15) is 36.6 Å². The molecule has 0 fully saturated rings. The maximum absolute atomic E-state index is 8.47. The van der Waals surface area contributed by atoms with Crippen LogP contribution in [-0.4, -0.2) is 0 Å². The van der Waals surface area contributed by atoms with Crippen molar-refractivity contribution in [3.8, 4) is 56.3 Å². The highest BCUT2D eigenvalue weighted by atomic mass is 15.0. The van der Waals surface area contributed by atoms with Crippen LogP contribution in [0.2, 0.25) is 0 Å². The normalized spacial score (nSPS) is 11.5. The lowest BCUT2D eigenvalue weighted by molar-refractivity contribution is -0.665. The van der Waals surface area contributed by atoms with Crippen LogP contribution < -0.4 is 22.8 Å². The van der Waals surface area contributed by atoms with Crippen LogP contribution >= 0.6 is 0 Å². The van der Waals surface area contributed by atoms with Crippen molar-refractivity contribution in [1.29, 1.82) is 0 Å². The Hall–Kier alpha value is -10.8. The highest BCUT2D eigenvalue weighted by molar-refractivity contribution is 5.99. The van der Waals surface area contributed by atoms with E-state index in [4.69, 9.17) is 1.37 Å². The fourth-order valence-corrected chi connectivity index (χ4v) is 17.3. The van der Waals surface area contributed by atoms with E-state index in [0.717, 1.165) is 30.3 Å². The first-order valence-corrected chi connectivity index (χ1v) is 43.4. The van der Waals surface area contributed by atoms with E-state index >= 15 is 0 Å². The van der Waals surface area contributed by atoms with Crippen LogP contribution in [-0.2, 0) is 54.5 Å². The molecule has 0 saturated heterocycles. The van der Waals surface area contributed by atoms with Crippen LogP contribution in [0, 0.1) is 104 Å². The minimum atomic E-state index is 0.477. The summed E-state index contributed by atoms with van der Waals surface area (Å²) in [4.78, 5) is 0. The number of pyridine rings is 5. The van der Waals surface area contributed by atoms with Gasteiger partial charge in [0, 0.05) is 69.2 Å². The average molecular weight is 1570 g/mol. The lowest BCUT2D eigenvalue weighted by Crippen LogP contribution is -2.35. The Morgan fingerprint density at radius 2 is 0.602 bits per heavy atom. The van der Waals surface area contributed by atoms with Crippen molar-refractivity contribution >= 4 is 53.9 Å². The van der Waals surface area contributed by atoms with Crippen LogP contribution in [0.3, 0.4) is 0 Å². The van der Waals surface area contributed by atoms with Gasteiger partial charge in [0.05, 0.1) is 43.6 Å². The van der Waals surface area contributed by atoms with Gasteiger partial charge in [-0.2, -0.15) is 18.3 Å². The summed E-state index contributed by atoms with van der Waals surface area (Å²) in [5, 5.41) is 13.0. The predicted molar refractivity (Wildman–Crippen MR) is 508 cm³/mol. The Morgan fingerprint density at radius 3 is 0.992 bits per heavy atom. The smallest absolute Gasteiger partial charge is 0.200 e. The Morgan fingerprint density at radius 1 is 0.263 bits per heavy atom. The predicted octanol–water partition coefficient (Wildman–Crippen LogP) is 27.5. The maximum atomic E-state index is 8.47. The van der Waals surface area contributed by atoms with Crippen molar-refractivity contribution in [3.63, 3.8) is 0 Å². The maximum Gasteiger partial charge on any atom is 0.220 e. The van der Waals surface area contributed by atoms with Gasteiger partial charge in [0.15, 0.2) is 28.9 Å². The first-order chi connectivity index (χ1) is 56.3. The number of hydrogen-bond acceptors (Lipinski definition) is 0. The Balaban J connectivity index is 0.000000146. The number of hydrogen-bond donors (Lipinski definition) is 0. The fourth-order valence-electron chi connectivity index (χ4n) is 17.3. The van der Waals surface area contributed by atoms with E-state index in [-0.39, 0.29) is 0 Å². The summed E-state index contributed by atoms with van der Waals surface area (Å²) in [5.74, 6) is 2.03. The van der Waals surface area contributed by atoms with Crippen LogP contribution in [0.15, 0.2) is 200 Å². The molecule has 0 saturated carbocycles. The zero-order chi connectivity index (χ0) is 86.8. The zero-order valence-corrected chi connectivity index (χ0v) is 77.6. The van der Waals surface area contributed by atoms with Crippen molar-refractivity contribution in [2.75, 3.05) is 0 Å². The number of fused-ring (bicyclic) bond motifs is 5. The van der Waals surface area contributed by atoms with Crippen LogP contribution in [0.5, 0.6) is 0 Å². The van der Waals surface area contributed by atoms with Gasteiger partial charge in [0.2, 0.25) is 28.5 Å². The van der Waals surface area contributed by atoms with Gasteiger partial charge in [-0.25, -0.2) is 4.57 Å². The largest absolute Gasteiger partial charge is 0.220 e. The molecule has 5 aromatic heterocycles. The highest BCUT2D eigenvalue weighted by Gasteiger charge is 2.28. The number of benzene rings is 10. The van der Waals surface area contributed by atoms with Gasteiger partial charge in [-0.05, 0) is 279 Å². The van der Waals surface area contributed by atoms with Crippen molar-refractivity contribution in [3.05, 3.63) is 323 Å². The number of nitrogens with zero attached hydrogens (tertiary/aromatic N) is 5. The SMILES string of the molecule is CCc1cc(CC)c(C)c(-c2c3ccc(C)cc3cc(C)[n+]2C)c1.CCc1ccc(C)c(-c2c3ccc(C)cc3cc(C)[n+]2C)c1.Cc1ccc2c(-c3cc(C(C)C)cc(C)c3C)[n+](C)c(C)cc2c1.Cc1ccc2c(-c3cc(C(C)C)ccc3C)[n+](C)c(C)cc2c1.[2H]c1cc2cc(C)ccc2c(-c2cc(C(C)C)cc(C(C)C)c2C)[n+]1C. The van der Waals surface area contributed by atoms with E-state index in [1.54, 1.807) is 0 Å². The molecule has 608 valence electrons. The standard InChI is InChI=1S/C24H30N.2C23H28N.C22H26N.C21H24N/c1-15(2)20-13-22(16(3)4)18(6)23(14-20)24-21-9-8-17(5)12-19(21)10-11-25(24)7;1-14(2)19-11-16(4)18(6)22(13-19)23-21-9-8-15(3)10-20(21)12-17(5)24(23)7;1-7-18-13-19(8-2)17(5)22(14-18)23-21-10-9-15(3)11-20(21)12-16(4)24(23)6;1-14(2)18-9-8-16(4)21(13-18)22-20-10-7-15(3)11-19(20)12-17(5)23(22)6;1-6-17-9-8-15(3)20(13-17)21-19-10-7-14(2)11-18(19)12-16(4)22(21)5/h8-16H,1-7H3;8-14H,1-7H3;9-14H,7-8H2,1-6H3;7-14H,1-6H3;7-13H,6H2,1-5H3/q5*+1/i11D;;;;. The van der Waals surface area contributed by atoms with Gasteiger partial charge in [-0.15, -0.1) is 0 Å². The molecule has 0 spiro atoms. The van der Waals surface area contributed by atoms with Crippen molar-refractivity contribution in [1.82, 2.24) is 0 Å². The van der Waals surface area contributed by atoms with Gasteiger partial charge in [0.25, 0.3) is 0 Å². The summed E-state index contributed by atoms with van der Waals surface area (Å²) in [6.45, 7) is 57.7. The van der Waals surface area contributed by atoms with E-state index in [9.17, 15) is 0 Å². The lowest BCUT2D eigenvalue weighted by atomic mass is 9.86. The lowest BCUT2D eigenvalue weighted by Gasteiger charge is -2.18. The summed E-state index contributed by atoms with van der Waals surface area (Å²) in [7, 11) is 10.7. The molecule has 0 N–H and O–H groups in total. The van der Waals surface area contributed by atoms with Crippen LogP contribution in [0.1, 0.15) is 224 Å². The monoisotopic (exact) mass is 1560 g/mol. The molecule has 0 unspecified atom stereocenters. The summed E-state index contributed by atoms with van der Waals surface area (Å²) in [6.07, 6.45) is 3.77. The van der Waals surface area contributed by atoms with Gasteiger partial charge in [-0.3, -0.25) is 0 Å². The summed E-state index contributed by atoms with van der Waals surface area (Å²) in [5.41, 5.74) is 42.8. The molecule has 0 aliphatic carbocycles. The molecular formula is C113H136N5+5. The molecule has 0 radical (unpaired) electrons.